The number of halogens is 6. The lowest BCUT2D eigenvalue weighted by Gasteiger charge is -2.12. The lowest BCUT2D eigenvalue weighted by atomic mass is 10.0. The van der Waals surface area contributed by atoms with Crippen LogP contribution in [0.5, 0.6) is 11.5 Å². The number of aromatic nitrogens is 2. The molecule has 0 bridgehead atoms. The summed E-state index contributed by atoms with van der Waals surface area (Å²) in [7, 11) is 0. The van der Waals surface area contributed by atoms with Crippen LogP contribution in [-0.4, -0.2) is 26.8 Å². The van der Waals surface area contributed by atoms with E-state index in [0.29, 0.717) is 16.6 Å². The monoisotopic (exact) mass is 722 g/mol. The van der Waals surface area contributed by atoms with Gasteiger partial charge in [-0.15, -0.1) is 0 Å². The molecule has 2 N–H and O–H groups in total. The number of hydrogen-bond acceptors (Lipinski definition) is 9. The number of esters is 2. The molecule has 0 radical (unpaired) electrons. The molecule has 266 valence electrons. The number of carbonyl (C=O) groups excluding carboxylic acids is 2. The highest BCUT2D eigenvalue weighted by atomic mass is 19.4. The van der Waals surface area contributed by atoms with Gasteiger partial charge in [-0.05, 0) is 42.5 Å². The predicted octanol–water partition coefficient (Wildman–Crippen LogP) is 9.18. The molecule has 4 aromatic carbocycles. The summed E-state index contributed by atoms with van der Waals surface area (Å²) in [5.41, 5.74) is 5.05. The summed E-state index contributed by atoms with van der Waals surface area (Å²) in [6.07, 6.45) is -9.03. The first-order chi connectivity index (χ1) is 24.4. The van der Waals surface area contributed by atoms with Crippen molar-refractivity contribution in [3.8, 4) is 34.0 Å². The maximum Gasteiger partial charge on any atom is 0.416 e. The van der Waals surface area contributed by atoms with Gasteiger partial charge in [0.2, 0.25) is 0 Å². The van der Waals surface area contributed by atoms with Gasteiger partial charge in [0.15, 0.2) is 5.52 Å². The van der Waals surface area contributed by atoms with E-state index in [1.165, 1.54) is 61.5 Å². The average Bonchev–Trinajstić information content (AvgIpc) is 3.07. The third-order valence-electron chi connectivity index (χ3n) is 7.29. The number of ether oxygens (including phenoxy) is 2. The number of pyridine rings is 2. The van der Waals surface area contributed by atoms with Gasteiger partial charge in [0, 0.05) is 48.6 Å². The van der Waals surface area contributed by atoms with Crippen molar-refractivity contribution in [3.63, 3.8) is 0 Å². The second kappa shape index (κ2) is 14.3. The maximum atomic E-state index is 13.0. The molecule has 0 aliphatic carbocycles. The average molecular weight is 723 g/mol. The van der Waals surface area contributed by atoms with Crippen LogP contribution >= 0.6 is 0 Å². The van der Waals surface area contributed by atoms with E-state index in [-0.39, 0.29) is 50.6 Å². The van der Waals surface area contributed by atoms with E-state index < -0.39 is 40.3 Å². The number of rotatable bonds is 5. The van der Waals surface area contributed by atoms with Crippen molar-refractivity contribution in [3.05, 3.63) is 118 Å². The SMILES string of the molecule is CC(=O)Oc1cc(-c2cccc(C(F)(F)F)c2)nc2c(N)cccc12.CC(=O)Oc1cc(-c2cccc(C(F)(F)F)c2)nc2c([N+](=O)[O-])cccc12. The van der Waals surface area contributed by atoms with Crippen molar-refractivity contribution in [1.29, 1.82) is 0 Å². The van der Waals surface area contributed by atoms with Crippen LogP contribution < -0.4 is 15.2 Å². The van der Waals surface area contributed by atoms with E-state index in [1.807, 2.05) is 0 Å². The summed E-state index contributed by atoms with van der Waals surface area (Å²) in [6.45, 7) is 2.38. The number of nitro groups is 1. The fourth-order valence-electron chi connectivity index (χ4n) is 5.07. The molecule has 2 aromatic heterocycles. The summed E-state index contributed by atoms with van der Waals surface area (Å²) in [6, 6.07) is 20.9. The molecule has 10 nitrogen and oxygen atoms in total. The number of para-hydroxylation sites is 2. The molecular formula is C36H24F6N4O6. The van der Waals surface area contributed by atoms with Crippen LogP contribution in [0, 0.1) is 10.1 Å². The van der Waals surface area contributed by atoms with E-state index in [0.717, 1.165) is 31.2 Å². The second-order valence-corrected chi connectivity index (χ2v) is 11.0. The van der Waals surface area contributed by atoms with Crippen LogP contribution in [0.15, 0.2) is 97.1 Å². The number of carbonyl (C=O) groups is 2. The van der Waals surface area contributed by atoms with Crippen LogP contribution in [-0.2, 0) is 21.9 Å². The quantitative estimate of drug-likeness (QED) is 0.0605. The standard InChI is InChI=1S/C18H11F3N2O4.C18H13F3N2O2/c1-10(24)27-16-9-14(11-4-2-5-12(8-11)18(19,20)21)22-17-13(16)6-3-7-15(17)23(25)26;1-10(24)25-16-9-15(23-17-13(16)6-3-7-14(17)22)11-4-2-5-12(8-11)18(19,20)21/h2-9H,1H3;2-9H,22H2,1H3. The Labute approximate surface area is 289 Å². The molecule has 0 spiro atoms. The fraction of sp³-hybridized carbons (Fsp3) is 0.111. The number of nitro benzene ring substituents is 1. The normalized spacial score (nSPS) is 11.5. The van der Waals surface area contributed by atoms with Gasteiger partial charge in [-0.1, -0.05) is 36.4 Å². The summed E-state index contributed by atoms with van der Waals surface area (Å²) in [4.78, 5) is 41.9. The van der Waals surface area contributed by atoms with Crippen molar-refractivity contribution in [1.82, 2.24) is 9.97 Å². The topological polar surface area (TPSA) is 148 Å². The number of anilines is 1. The number of hydrogen-bond donors (Lipinski definition) is 1. The van der Waals surface area contributed by atoms with Crippen molar-refractivity contribution < 1.29 is 50.3 Å². The molecule has 0 atom stereocenters. The Bertz CT molecular complexity index is 2360. The van der Waals surface area contributed by atoms with Crippen molar-refractivity contribution >= 4 is 45.1 Å². The zero-order valence-electron chi connectivity index (χ0n) is 26.9. The largest absolute Gasteiger partial charge is 0.426 e. The highest BCUT2D eigenvalue weighted by molar-refractivity contribution is 5.97. The molecular weight excluding hydrogens is 698 g/mol. The molecule has 2 heterocycles. The Morgan fingerprint density at radius 2 is 1.08 bits per heavy atom. The molecule has 0 unspecified atom stereocenters. The van der Waals surface area contributed by atoms with Crippen LogP contribution in [0.3, 0.4) is 0 Å². The third-order valence-corrected chi connectivity index (χ3v) is 7.29. The zero-order chi connectivity index (χ0) is 38.0. The van der Waals surface area contributed by atoms with Crippen LogP contribution in [0.25, 0.3) is 44.3 Å². The summed E-state index contributed by atoms with van der Waals surface area (Å²) < 4.78 is 88.0. The van der Waals surface area contributed by atoms with Crippen LogP contribution in [0.4, 0.5) is 37.7 Å². The number of non-ortho nitro benzene ring substituents is 1. The van der Waals surface area contributed by atoms with Gasteiger partial charge in [-0.25, -0.2) is 9.97 Å². The minimum Gasteiger partial charge on any atom is -0.426 e. The Morgan fingerprint density at radius 3 is 1.52 bits per heavy atom. The summed E-state index contributed by atoms with van der Waals surface area (Å²) >= 11 is 0. The van der Waals surface area contributed by atoms with Gasteiger partial charge in [0.1, 0.15) is 11.5 Å². The predicted molar refractivity (Wildman–Crippen MR) is 178 cm³/mol. The first-order valence-corrected chi connectivity index (χ1v) is 14.9. The first-order valence-electron chi connectivity index (χ1n) is 14.9. The van der Waals surface area contributed by atoms with Crippen molar-refractivity contribution in [2.24, 2.45) is 0 Å². The number of benzene rings is 4. The molecule has 6 rings (SSSR count). The minimum atomic E-state index is -4.56. The van der Waals surface area contributed by atoms with Gasteiger partial charge in [0.05, 0.1) is 44.0 Å². The molecule has 16 heteroatoms. The number of nitrogens with two attached hydrogens (primary N) is 1. The fourth-order valence-corrected chi connectivity index (χ4v) is 5.07. The van der Waals surface area contributed by atoms with Gasteiger partial charge in [-0.3, -0.25) is 19.7 Å². The molecule has 52 heavy (non-hydrogen) atoms. The van der Waals surface area contributed by atoms with Gasteiger partial charge >= 0.3 is 24.3 Å². The number of nitrogens with zero attached hydrogens (tertiary/aromatic N) is 3. The van der Waals surface area contributed by atoms with E-state index >= 15 is 0 Å². The molecule has 0 aliphatic heterocycles. The molecule has 0 fully saturated rings. The van der Waals surface area contributed by atoms with Gasteiger partial charge < -0.3 is 15.2 Å². The highest BCUT2D eigenvalue weighted by Gasteiger charge is 2.31. The third kappa shape index (κ3) is 8.23. The van der Waals surface area contributed by atoms with Crippen molar-refractivity contribution in [2.45, 2.75) is 26.2 Å². The zero-order valence-corrected chi connectivity index (χ0v) is 26.9. The van der Waals surface area contributed by atoms with Gasteiger partial charge in [0.25, 0.3) is 5.69 Å². The lowest BCUT2D eigenvalue weighted by molar-refractivity contribution is -0.383. The molecule has 0 amide bonds. The van der Waals surface area contributed by atoms with E-state index in [9.17, 15) is 46.0 Å². The molecule has 0 aliphatic rings. The Morgan fingerprint density at radius 1 is 0.654 bits per heavy atom. The Kier molecular flexibility index (Phi) is 10.1. The number of alkyl halides is 6. The maximum absolute atomic E-state index is 13.0. The van der Waals surface area contributed by atoms with Crippen molar-refractivity contribution in [2.75, 3.05) is 5.73 Å². The van der Waals surface area contributed by atoms with E-state index in [1.54, 1.807) is 18.2 Å². The first kappa shape index (κ1) is 36.7. The molecule has 0 saturated carbocycles. The highest BCUT2D eigenvalue weighted by Crippen LogP contribution is 2.38. The Balaban J connectivity index is 0.000000202. The Hall–Kier alpha value is -6.58. The minimum absolute atomic E-state index is 0.0131. The smallest absolute Gasteiger partial charge is 0.416 e. The lowest BCUT2D eigenvalue weighted by Crippen LogP contribution is -2.05. The molecule has 6 aromatic rings. The number of fused-ring (bicyclic) bond motifs is 2. The summed E-state index contributed by atoms with van der Waals surface area (Å²) in [5.74, 6) is -1.06. The molecule has 0 saturated heterocycles. The second-order valence-electron chi connectivity index (χ2n) is 11.0. The van der Waals surface area contributed by atoms with Crippen LogP contribution in [0.2, 0.25) is 0 Å². The van der Waals surface area contributed by atoms with Gasteiger partial charge in [-0.2, -0.15) is 26.3 Å². The summed E-state index contributed by atoms with van der Waals surface area (Å²) in [5, 5.41) is 12.0. The van der Waals surface area contributed by atoms with Crippen LogP contribution in [0.1, 0.15) is 25.0 Å². The number of nitrogen functional groups attached to an aromatic ring is 1. The van der Waals surface area contributed by atoms with E-state index in [4.69, 9.17) is 15.2 Å². The van der Waals surface area contributed by atoms with E-state index in [2.05, 4.69) is 9.97 Å².